The molecule has 0 rings (SSSR count). The highest BCUT2D eigenvalue weighted by Crippen LogP contribution is 2.67. The Bertz CT molecular complexity index is 460. The zero-order chi connectivity index (χ0) is 17.4. The summed E-state index contributed by atoms with van der Waals surface area (Å²) in [5.74, 6) is 0. The second-order valence-corrected chi connectivity index (χ2v) is 10.1. The van der Waals surface area contributed by atoms with Gasteiger partial charge in [-0.2, -0.15) is 0 Å². The third-order valence-corrected chi connectivity index (χ3v) is 7.64. The standard InChI is InChI=1S/C14H26O6P2/c1-12(2)7-6-9-13(3)8-4-5-10-14(22(18,19)20)21(16,17)11-15/h7-8,11,14,16-17H,4-6,9-10H2,1-3H3,(H-,18,19,20)/p+1/b13-8+. The Morgan fingerprint density at radius 2 is 1.73 bits per heavy atom. The van der Waals surface area contributed by atoms with Crippen LogP contribution in [0, 0.1) is 0 Å². The molecule has 0 fully saturated rings. The summed E-state index contributed by atoms with van der Waals surface area (Å²) in [7, 11) is -8.94. The molecule has 0 amide bonds. The normalized spacial score (nSPS) is 14.6. The van der Waals surface area contributed by atoms with E-state index in [0.29, 0.717) is 12.8 Å². The molecule has 0 aromatic carbocycles. The Labute approximate surface area is 132 Å². The monoisotopic (exact) mass is 353 g/mol. The van der Waals surface area contributed by atoms with Gasteiger partial charge in [0.1, 0.15) is 0 Å². The number of rotatable bonds is 10. The Hall–Kier alpha value is -0.350. The minimum Gasteiger partial charge on any atom is -0.322 e. The van der Waals surface area contributed by atoms with Crippen LogP contribution < -0.4 is 0 Å². The molecule has 4 N–H and O–H groups in total. The third-order valence-electron chi connectivity index (χ3n) is 3.23. The average molecular weight is 353 g/mol. The van der Waals surface area contributed by atoms with E-state index in [1.165, 1.54) is 11.1 Å². The highest BCUT2D eigenvalue weighted by Gasteiger charge is 2.54. The molecule has 0 bridgehead atoms. The molecular weight excluding hydrogens is 326 g/mol. The van der Waals surface area contributed by atoms with Crippen LogP contribution in [0.3, 0.4) is 0 Å². The van der Waals surface area contributed by atoms with E-state index < -0.39 is 20.7 Å². The molecule has 0 radical (unpaired) electrons. The SMILES string of the molecule is CC(C)=CCC/C(C)=C/CCCC(P(=O)(O)O)[P+](O)(O)C=O. The number of carbonyl (C=O) groups excluding carboxylic acids is 1. The Kier molecular flexibility index (Phi) is 9.56. The van der Waals surface area contributed by atoms with Gasteiger partial charge in [0.25, 0.3) is 0 Å². The van der Waals surface area contributed by atoms with Gasteiger partial charge >= 0.3 is 21.3 Å². The number of unbranched alkanes of at least 4 members (excludes halogenated alkanes) is 1. The molecule has 0 aliphatic carbocycles. The molecular formula is C14H27O6P2+. The molecule has 0 saturated carbocycles. The van der Waals surface area contributed by atoms with Crippen LogP contribution in [0.5, 0.6) is 0 Å². The van der Waals surface area contributed by atoms with Crippen LogP contribution in [0.2, 0.25) is 0 Å². The van der Waals surface area contributed by atoms with Crippen molar-refractivity contribution >= 4 is 21.3 Å². The minimum atomic E-state index is -4.72. The minimum absolute atomic E-state index is 0.0957. The van der Waals surface area contributed by atoms with Crippen LogP contribution >= 0.6 is 15.3 Å². The maximum atomic E-state index is 11.3. The lowest BCUT2D eigenvalue weighted by molar-refractivity contribution is 0.356. The molecule has 0 aliphatic rings. The van der Waals surface area contributed by atoms with Gasteiger partial charge in [0.05, 0.1) is 0 Å². The Balaban J connectivity index is 4.44. The molecule has 1 unspecified atom stereocenters. The summed E-state index contributed by atoms with van der Waals surface area (Å²) in [5, 5.41) is -1.68. The van der Waals surface area contributed by atoms with E-state index in [9.17, 15) is 19.1 Å². The summed E-state index contributed by atoms with van der Waals surface area (Å²) in [6.45, 7) is 6.06. The lowest BCUT2D eigenvalue weighted by Crippen LogP contribution is -2.14. The highest BCUT2D eigenvalue weighted by molar-refractivity contribution is 7.87. The number of allylic oxidation sites excluding steroid dienone is 4. The smallest absolute Gasteiger partial charge is 0.322 e. The quantitative estimate of drug-likeness (QED) is 0.207. The first-order valence-electron chi connectivity index (χ1n) is 7.15. The van der Waals surface area contributed by atoms with Crippen molar-refractivity contribution in [2.75, 3.05) is 0 Å². The van der Waals surface area contributed by atoms with Crippen LogP contribution in [0.1, 0.15) is 52.9 Å². The van der Waals surface area contributed by atoms with E-state index in [1.54, 1.807) is 0 Å². The lowest BCUT2D eigenvalue weighted by atomic mass is 10.1. The van der Waals surface area contributed by atoms with Crippen molar-refractivity contribution in [1.29, 1.82) is 0 Å². The van der Waals surface area contributed by atoms with Gasteiger partial charge < -0.3 is 9.79 Å². The lowest BCUT2D eigenvalue weighted by Gasteiger charge is -2.18. The van der Waals surface area contributed by atoms with Crippen molar-refractivity contribution in [1.82, 2.24) is 0 Å². The van der Waals surface area contributed by atoms with Crippen LogP contribution in [0.4, 0.5) is 0 Å². The number of carbonyl (C=O) groups is 1. The summed E-state index contributed by atoms with van der Waals surface area (Å²) in [6.07, 6.45) is 6.85. The first kappa shape index (κ1) is 21.6. The topological polar surface area (TPSA) is 115 Å². The third kappa shape index (κ3) is 8.94. The molecule has 0 aliphatic heterocycles. The van der Waals surface area contributed by atoms with Crippen molar-refractivity contribution < 1.29 is 28.9 Å². The summed E-state index contributed by atoms with van der Waals surface area (Å²) in [4.78, 5) is 47.9. The molecule has 0 heterocycles. The fourth-order valence-corrected chi connectivity index (χ4v) is 5.15. The molecule has 0 aromatic rings. The zero-order valence-corrected chi connectivity index (χ0v) is 15.1. The molecule has 8 heteroatoms. The van der Waals surface area contributed by atoms with Crippen LogP contribution in [-0.2, 0) is 9.36 Å². The van der Waals surface area contributed by atoms with Gasteiger partial charge in [-0.3, -0.25) is 9.36 Å². The van der Waals surface area contributed by atoms with Gasteiger partial charge in [-0.05, 0) is 46.5 Å². The van der Waals surface area contributed by atoms with Crippen LogP contribution in [-0.4, -0.2) is 31.0 Å². The maximum absolute atomic E-state index is 11.3. The molecule has 0 spiro atoms. The van der Waals surface area contributed by atoms with Gasteiger partial charge in [0, 0.05) is 6.42 Å². The van der Waals surface area contributed by atoms with Crippen molar-refractivity contribution in [3.05, 3.63) is 23.3 Å². The molecule has 6 nitrogen and oxygen atoms in total. The van der Waals surface area contributed by atoms with Gasteiger partial charge in [-0.15, -0.1) is 0 Å². The Morgan fingerprint density at radius 3 is 2.18 bits per heavy atom. The van der Waals surface area contributed by atoms with E-state index in [1.807, 2.05) is 26.8 Å². The summed E-state index contributed by atoms with van der Waals surface area (Å²) in [6, 6.07) is -0.128. The molecule has 1 atom stereocenters. The predicted molar refractivity (Wildman–Crippen MR) is 90.2 cm³/mol. The fraction of sp³-hybridized carbons (Fsp3) is 0.643. The van der Waals surface area contributed by atoms with Gasteiger partial charge in [-0.1, -0.05) is 23.3 Å². The number of hydrogen-bond acceptors (Lipinski definition) is 4. The number of hydrogen-bond donors (Lipinski definition) is 4. The van der Waals surface area contributed by atoms with Gasteiger partial charge in [0.2, 0.25) is 5.40 Å². The van der Waals surface area contributed by atoms with Gasteiger partial charge in [0.15, 0.2) is 0 Å². The van der Waals surface area contributed by atoms with E-state index in [-0.39, 0.29) is 12.4 Å². The Morgan fingerprint density at radius 1 is 1.14 bits per heavy atom. The molecule has 128 valence electrons. The fourth-order valence-electron chi connectivity index (χ4n) is 1.99. The summed E-state index contributed by atoms with van der Waals surface area (Å²) in [5.41, 5.74) is 2.44. The van der Waals surface area contributed by atoms with Crippen molar-refractivity contribution in [3.63, 3.8) is 0 Å². The van der Waals surface area contributed by atoms with Crippen LogP contribution in [0.25, 0.3) is 0 Å². The predicted octanol–water partition coefficient (Wildman–Crippen LogP) is 3.38. The summed E-state index contributed by atoms with van der Waals surface area (Å²) < 4.78 is 11.3. The van der Waals surface area contributed by atoms with Crippen LogP contribution in [0.15, 0.2) is 23.3 Å². The van der Waals surface area contributed by atoms with E-state index >= 15 is 0 Å². The molecule has 0 aromatic heterocycles. The van der Waals surface area contributed by atoms with E-state index in [2.05, 4.69) is 6.08 Å². The van der Waals surface area contributed by atoms with E-state index in [0.717, 1.165) is 12.8 Å². The zero-order valence-electron chi connectivity index (χ0n) is 13.3. The molecule has 0 saturated heterocycles. The van der Waals surface area contributed by atoms with E-state index in [4.69, 9.17) is 9.79 Å². The van der Waals surface area contributed by atoms with Crippen molar-refractivity contribution in [2.45, 2.75) is 58.3 Å². The average Bonchev–Trinajstić information content (AvgIpc) is 2.36. The largest absolute Gasteiger partial charge is 0.371 e. The van der Waals surface area contributed by atoms with Crippen molar-refractivity contribution in [2.24, 2.45) is 0 Å². The molecule has 22 heavy (non-hydrogen) atoms. The van der Waals surface area contributed by atoms with Gasteiger partial charge in [-0.25, -0.2) is 9.79 Å². The highest BCUT2D eigenvalue weighted by atomic mass is 31.3. The summed E-state index contributed by atoms with van der Waals surface area (Å²) >= 11 is 0. The second kappa shape index (κ2) is 9.71. The second-order valence-electron chi connectivity index (χ2n) is 5.68. The maximum Gasteiger partial charge on any atom is 0.371 e. The van der Waals surface area contributed by atoms with Crippen molar-refractivity contribution in [3.8, 4) is 0 Å². The first-order valence-corrected chi connectivity index (χ1v) is 10.7. The first-order chi connectivity index (χ1) is 10.0.